The maximum absolute atomic E-state index is 13.3. The Bertz CT molecular complexity index is 1030. The molecular formula is C29H43N3O6. The molecule has 1 saturated heterocycles. The number of aliphatic hydroxyl groups excluding tert-OH is 2. The van der Waals surface area contributed by atoms with E-state index in [0.29, 0.717) is 44.5 Å². The molecule has 3 aliphatic rings. The van der Waals surface area contributed by atoms with Crippen molar-refractivity contribution in [3.05, 3.63) is 29.8 Å². The second-order valence-corrected chi connectivity index (χ2v) is 12.1. The number of ether oxygens (including phenoxy) is 1. The van der Waals surface area contributed by atoms with Gasteiger partial charge >= 0.3 is 6.09 Å². The van der Waals surface area contributed by atoms with Gasteiger partial charge in [0.05, 0.1) is 12.7 Å². The van der Waals surface area contributed by atoms with Gasteiger partial charge in [0.15, 0.2) is 0 Å². The first-order chi connectivity index (χ1) is 18.0. The molecule has 210 valence electrons. The van der Waals surface area contributed by atoms with E-state index < -0.39 is 29.1 Å². The number of likely N-dealkylation sites (tertiary alicyclic amines) is 1. The topological polar surface area (TPSA) is 128 Å². The van der Waals surface area contributed by atoms with Gasteiger partial charge < -0.3 is 25.2 Å². The Labute approximate surface area is 225 Å². The molecule has 0 bridgehead atoms. The fourth-order valence-corrected chi connectivity index (χ4v) is 7.40. The van der Waals surface area contributed by atoms with Crippen LogP contribution < -0.4 is 10.6 Å². The van der Waals surface area contributed by atoms with Gasteiger partial charge in [-0.25, -0.2) is 4.79 Å². The molecule has 4 rings (SSSR count). The van der Waals surface area contributed by atoms with Crippen LogP contribution in [0.3, 0.4) is 0 Å². The van der Waals surface area contributed by atoms with E-state index in [1.165, 1.54) is 6.92 Å². The number of nitrogens with one attached hydrogen (secondary N) is 2. The highest BCUT2D eigenvalue weighted by Gasteiger charge is 2.60. The Hall–Kier alpha value is -2.65. The Kier molecular flexibility index (Phi) is 8.37. The van der Waals surface area contributed by atoms with Crippen molar-refractivity contribution in [2.75, 3.05) is 25.0 Å². The lowest BCUT2D eigenvalue weighted by Crippen LogP contribution is -2.61. The molecule has 2 saturated carbocycles. The van der Waals surface area contributed by atoms with Crippen molar-refractivity contribution in [2.24, 2.45) is 22.7 Å². The molecule has 1 aromatic rings. The zero-order valence-corrected chi connectivity index (χ0v) is 23.0. The average Bonchev–Trinajstić information content (AvgIpc) is 3.32. The van der Waals surface area contributed by atoms with E-state index >= 15 is 0 Å². The first-order valence-electron chi connectivity index (χ1n) is 13.8. The number of rotatable bonds is 6. The minimum absolute atomic E-state index is 0.00896. The van der Waals surface area contributed by atoms with Crippen LogP contribution in [0.25, 0.3) is 0 Å². The highest BCUT2D eigenvalue weighted by molar-refractivity contribution is 5.84. The van der Waals surface area contributed by atoms with E-state index in [2.05, 4.69) is 17.6 Å². The van der Waals surface area contributed by atoms with Crippen LogP contribution >= 0.6 is 0 Å². The molecule has 1 heterocycles. The summed E-state index contributed by atoms with van der Waals surface area (Å²) < 4.78 is 5.91. The number of nitrogens with zero attached hydrogens (tertiary/aromatic N) is 1. The van der Waals surface area contributed by atoms with Crippen LogP contribution in [0.4, 0.5) is 10.5 Å². The molecule has 7 atom stereocenters. The summed E-state index contributed by atoms with van der Waals surface area (Å²) in [6, 6.07) is 7.44. The normalized spacial score (nSPS) is 34.8. The Morgan fingerprint density at radius 1 is 1.11 bits per heavy atom. The third-order valence-corrected chi connectivity index (χ3v) is 9.57. The summed E-state index contributed by atoms with van der Waals surface area (Å²) in [4.78, 5) is 39.3. The summed E-state index contributed by atoms with van der Waals surface area (Å²) in [5.74, 6) is -0.401. The highest BCUT2D eigenvalue weighted by atomic mass is 16.6. The first kappa shape index (κ1) is 28.4. The molecule has 7 unspecified atom stereocenters. The summed E-state index contributed by atoms with van der Waals surface area (Å²) in [6.07, 6.45) is 1.74. The second-order valence-electron chi connectivity index (χ2n) is 12.1. The lowest BCUT2D eigenvalue weighted by molar-refractivity contribution is -0.186. The van der Waals surface area contributed by atoms with Crippen molar-refractivity contribution in [3.63, 3.8) is 0 Å². The van der Waals surface area contributed by atoms with Gasteiger partial charge in [-0.3, -0.25) is 14.9 Å². The van der Waals surface area contributed by atoms with Gasteiger partial charge in [0.25, 0.3) is 0 Å². The molecule has 9 nitrogen and oxygen atoms in total. The highest BCUT2D eigenvalue weighted by Crippen LogP contribution is 2.61. The van der Waals surface area contributed by atoms with E-state index in [1.54, 1.807) is 4.90 Å². The van der Waals surface area contributed by atoms with Gasteiger partial charge in [-0.05, 0) is 68.4 Å². The molecule has 38 heavy (non-hydrogen) atoms. The number of aliphatic hydroxyl groups is 2. The second kappa shape index (κ2) is 11.2. The minimum Gasteiger partial charge on any atom is -0.445 e. The molecule has 3 amide bonds. The van der Waals surface area contributed by atoms with Crippen molar-refractivity contribution >= 4 is 23.6 Å². The molecule has 1 aliphatic heterocycles. The Balaban J connectivity index is 1.45. The third-order valence-electron chi connectivity index (χ3n) is 9.57. The molecule has 0 spiro atoms. The molecule has 2 aliphatic carbocycles. The van der Waals surface area contributed by atoms with Crippen LogP contribution in [0, 0.1) is 29.6 Å². The van der Waals surface area contributed by atoms with Crippen LogP contribution in [-0.2, 0) is 14.3 Å². The number of benzene rings is 1. The zero-order valence-electron chi connectivity index (χ0n) is 23.0. The lowest BCUT2D eigenvalue weighted by atomic mass is 9.46. The molecule has 9 heteroatoms. The summed E-state index contributed by atoms with van der Waals surface area (Å²) in [6.45, 7) is 8.47. The van der Waals surface area contributed by atoms with E-state index in [9.17, 15) is 24.6 Å². The van der Waals surface area contributed by atoms with Crippen LogP contribution in [0.1, 0.15) is 64.9 Å². The standard InChI is InChI=1S/C29H43N3O6/c1-18-5-7-20(8-6-18)31-27(37)38-25-11-13-28(3)22(23(35)9-10-24(28)29(25,4)17-33)15-26(36)32-14-12-21(16-32)30-19(2)34/h5-8,21-25,33,35H,9-17H2,1-4H3,(H,30,34)(H,31,37). The fourth-order valence-electron chi connectivity index (χ4n) is 7.40. The van der Waals surface area contributed by atoms with E-state index in [-0.39, 0.29) is 42.7 Å². The van der Waals surface area contributed by atoms with Gasteiger partial charge in [0.1, 0.15) is 6.10 Å². The van der Waals surface area contributed by atoms with E-state index in [0.717, 1.165) is 12.0 Å². The number of amides is 3. The van der Waals surface area contributed by atoms with Crippen molar-refractivity contribution < 1.29 is 29.3 Å². The monoisotopic (exact) mass is 529 g/mol. The largest absolute Gasteiger partial charge is 0.445 e. The third kappa shape index (κ3) is 5.69. The van der Waals surface area contributed by atoms with Crippen LogP contribution in [-0.4, -0.2) is 71.0 Å². The first-order valence-corrected chi connectivity index (χ1v) is 13.8. The summed E-state index contributed by atoms with van der Waals surface area (Å²) in [5, 5.41) is 27.4. The van der Waals surface area contributed by atoms with Gasteiger partial charge in [0, 0.05) is 43.6 Å². The predicted molar refractivity (Wildman–Crippen MR) is 143 cm³/mol. The van der Waals surface area contributed by atoms with Gasteiger partial charge in [-0.2, -0.15) is 0 Å². The molecular weight excluding hydrogens is 486 g/mol. The van der Waals surface area contributed by atoms with Crippen LogP contribution in [0.5, 0.6) is 0 Å². The minimum atomic E-state index is -0.705. The Morgan fingerprint density at radius 3 is 2.47 bits per heavy atom. The number of carbonyl (C=O) groups excluding carboxylic acids is 3. The number of aryl methyl sites for hydroxylation is 1. The van der Waals surface area contributed by atoms with Crippen LogP contribution in [0.2, 0.25) is 0 Å². The summed E-state index contributed by atoms with van der Waals surface area (Å²) >= 11 is 0. The van der Waals surface area contributed by atoms with Crippen molar-refractivity contribution in [1.82, 2.24) is 10.2 Å². The Morgan fingerprint density at radius 2 is 1.82 bits per heavy atom. The maximum atomic E-state index is 13.3. The molecule has 0 radical (unpaired) electrons. The maximum Gasteiger partial charge on any atom is 0.411 e. The van der Waals surface area contributed by atoms with Crippen molar-refractivity contribution in [3.8, 4) is 0 Å². The number of fused-ring (bicyclic) bond motifs is 1. The van der Waals surface area contributed by atoms with Crippen LogP contribution in [0.15, 0.2) is 24.3 Å². The van der Waals surface area contributed by atoms with Crippen molar-refractivity contribution in [2.45, 2.75) is 84.5 Å². The number of carbonyl (C=O) groups is 3. The fraction of sp³-hybridized carbons (Fsp3) is 0.690. The van der Waals surface area contributed by atoms with E-state index in [4.69, 9.17) is 4.74 Å². The zero-order chi connectivity index (χ0) is 27.7. The number of hydrogen-bond donors (Lipinski definition) is 4. The summed E-state index contributed by atoms with van der Waals surface area (Å²) in [5.41, 5.74) is 0.639. The molecule has 0 aromatic heterocycles. The molecule has 3 fully saturated rings. The van der Waals surface area contributed by atoms with Gasteiger partial charge in [-0.1, -0.05) is 31.5 Å². The van der Waals surface area contributed by atoms with Gasteiger partial charge in [-0.15, -0.1) is 0 Å². The quantitative estimate of drug-likeness (QED) is 0.448. The van der Waals surface area contributed by atoms with Gasteiger partial charge in [0.2, 0.25) is 11.8 Å². The number of hydrogen-bond acceptors (Lipinski definition) is 6. The lowest BCUT2D eigenvalue weighted by Gasteiger charge is -2.60. The smallest absolute Gasteiger partial charge is 0.411 e. The average molecular weight is 530 g/mol. The SMILES string of the molecule is CC(=O)NC1CCN(C(=O)CC2C(O)CCC3C(C)(CO)C(OC(=O)Nc4ccc(C)cc4)CCC23C)C1. The predicted octanol–water partition coefficient (Wildman–Crippen LogP) is 3.23. The summed E-state index contributed by atoms with van der Waals surface area (Å²) in [7, 11) is 0. The molecule has 4 N–H and O–H groups in total. The number of anilines is 1. The van der Waals surface area contributed by atoms with E-state index in [1.807, 2.05) is 38.1 Å². The van der Waals surface area contributed by atoms with Crippen molar-refractivity contribution in [1.29, 1.82) is 0 Å². The molecule has 1 aromatic carbocycles.